The van der Waals surface area contributed by atoms with Crippen molar-refractivity contribution in [3.05, 3.63) is 0 Å². The third-order valence-corrected chi connectivity index (χ3v) is 4.70. The Morgan fingerprint density at radius 1 is 1.41 bits per heavy atom. The summed E-state index contributed by atoms with van der Waals surface area (Å²) in [5.74, 6) is 0.593. The van der Waals surface area contributed by atoms with Crippen LogP contribution in [0.4, 0.5) is 0 Å². The standard InChI is InChI=1S/C12H23NO3S/c1-11(12(14)16-2)10-17(15)9-5-8-13-6-3-4-7-13/h11H,3-10H2,1-2H3. The average Bonchev–Trinajstić information content (AvgIpc) is 2.80. The van der Waals surface area contributed by atoms with Crippen molar-refractivity contribution in [1.82, 2.24) is 4.90 Å². The zero-order valence-corrected chi connectivity index (χ0v) is 11.6. The largest absolute Gasteiger partial charge is 0.469 e. The van der Waals surface area contributed by atoms with Gasteiger partial charge in [0.05, 0.1) is 13.0 Å². The fourth-order valence-corrected chi connectivity index (χ4v) is 3.40. The maximum atomic E-state index is 11.7. The second kappa shape index (κ2) is 7.82. The van der Waals surface area contributed by atoms with Gasteiger partial charge >= 0.3 is 5.97 Å². The van der Waals surface area contributed by atoms with Crippen LogP contribution < -0.4 is 0 Å². The van der Waals surface area contributed by atoms with Crippen molar-refractivity contribution >= 4 is 16.8 Å². The summed E-state index contributed by atoms with van der Waals surface area (Å²) in [7, 11) is 0.470. The Hall–Kier alpha value is -0.420. The number of hydrogen-bond donors (Lipinski definition) is 0. The molecule has 0 N–H and O–H groups in total. The van der Waals surface area contributed by atoms with Gasteiger partial charge in [0.1, 0.15) is 0 Å². The average molecular weight is 261 g/mol. The molecule has 0 aromatic rings. The second-order valence-corrected chi connectivity index (χ2v) is 6.26. The van der Waals surface area contributed by atoms with Gasteiger partial charge in [-0.15, -0.1) is 0 Å². The number of rotatable bonds is 7. The van der Waals surface area contributed by atoms with Crippen LogP contribution in [0.25, 0.3) is 0 Å². The van der Waals surface area contributed by atoms with E-state index in [2.05, 4.69) is 9.64 Å². The fourth-order valence-electron chi connectivity index (χ4n) is 2.09. The molecule has 1 aliphatic rings. The van der Waals surface area contributed by atoms with Gasteiger partial charge in [-0.2, -0.15) is 0 Å². The molecule has 2 atom stereocenters. The van der Waals surface area contributed by atoms with Gasteiger partial charge in [-0.05, 0) is 38.9 Å². The smallest absolute Gasteiger partial charge is 0.309 e. The summed E-state index contributed by atoms with van der Waals surface area (Å²) in [4.78, 5) is 13.6. The van der Waals surface area contributed by atoms with Crippen molar-refractivity contribution in [1.29, 1.82) is 0 Å². The Morgan fingerprint density at radius 2 is 2.06 bits per heavy atom. The Balaban J connectivity index is 2.10. The minimum absolute atomic E-state index is 0.257. The van der Waals surface area contributed by atoms with Crippen molar-refractivity contribution < 1.29 is 13.7 Å². The van der Waals surface area contributed by atoms with Crippen LogP contribution in [0.2, 0.25) is 0 Å². The van der Waals surface area contributed by atoms with E-state index in [0.29, 0.717) is 11.5 Å². The molecule has 0 spiro atoms. The molecule has 0 bridgehead atoms. The highest BCUT2D eigenvalue weighted by molar-refractivity contribution is 7.85. The van der Waals surface area contributed by atoms with Gasteiger partial charge in [0.25, 0.3) is 0 Å². The van der Waals surface area contributed by atoms with Gasteiger partial charge in [0.15, 0.2) is 0 Å². The van der Waals surface area contributed by atoms with Crippen molar-refractivity contribution in [2.75, 3.05) is 38.2 Å². The Bertz CT molecular complexity index is 264. The van der Waals surface area contributed by atoms with Crippen LogP contribution in [0.3, 0.4) is 0 Å². The predicted octanol–water partition coefficient (Wildman–Crippen LogP) is 1.03. The van der Waals surface area contributed by atoms with Crippen LogP contribution >= 0.6 is 0 Å². The summed E-state index contributed by atoms with van der Waals surface area (Å²) in [5, 5.41) is 0. The first kappa shape index (κ1) is 14.6. The molecule has 1 saturated heterocycles. The highest BCUT2D eigenvalue weighted by Crippen LogP contribution is 2.08. The van der Waals surface area contributed by atoms with E-state index in [1.54, 1.807) is 6.92 Å². The van der Waals surface area contributed by atoms with E-state index in [1.165, 1.54) is 33.0 Å². The lowest BCUT2D eigenvalue weighted by atomic mass is 10.2. The molecule has 0 aromatic heterocycles. The molecule has 0 aromatic carbocycles. The van der Waals surface area contributed by atoms with Gasteiger partial charge in [0.2, 0.25) is 0 Å². The van der Waals surface area contributed by atoms with E-state index >= 15 is 0 Å². The van der Waals surface area contributed by atoms with Gasteiger partial charge in [-0.1, -0.05) is 6.92 Å². The molecule has 1 aliphatic heterocycles. The Kier molecular flexibility index (Phi) is 6.73. The monoisotopic (exact) mass is 261 g/mol. The lowest BCUT2D eigenvalue weighted by molar-refractivity contribution is -0.144. The molecule has 4 nitrogen and oxygen atoms in total. The fraction of sp³-hybridized carbons (Fsp3) is 0.917. The number of nitrogens with zero attached hydrogens (tertiary/aromatic N) is 1. The van der Waals surface area contributed by atoms with E-state index in [-0.39, 0.29) is 11.9 Å². The second-order valence-electron chi connectivity index (χ2n) is 4.64. The van der Waals surface area contributed by atoms with E-state index in [4.69, 9.17) is 0 Å². The first-order valence-electron chi connectivity index (χ1n) is 6.28. The molecule has 0 saturated carbocycles. The number of carbonyl (C=O) groups excluding carboxylic acids is 1. The van der Waals surface area contributed by atoms with Crippen LogP contribution in [0.1, 0.15) is 26.2 Å². The molecule has 5 heteroatoms. The molecular formula is C12H23NO3S. The maximum absolute atomic E-state index is 11.7. The quantitative estimate of drug-likeness (QED) is 0.642. The topological polar surface area (TPSA) is 46.6 Å². The van der Waals surface area contributed by atoms with E-state index < -0.39 is 10.8 Å². The molecular weight excluding hydrogens is 238 g/mol. The van der Waals surface area contributed by atoms with Crippen molar-refractivity contribution in [3.63, 3.8) is 0 Å². The molecule has 17 heavy (non-hydrogen) atoms. The number of carbonyl (C=O) groups is 1. The molecule has 1 fully saturated rings. The van der Waals surface area contributed by atoms with E-state index in [0.717, 1.165) is 13.0 Å². The van der Waals surface area contributed by atoms with Gasteiger partial charge in [-0.25, -0.2) is 0 Å². The van der Waals surface area contributed by atoms with Crippen LogP contribution in [0.5, 0.6) is 0 Å². The summed E-state index contributed by atoms with van der Waals surface area (Å²) >= 11 is 0. The minimum Gasteiger partial charge on any atom is -0.469 e. The van der Waals surface area contributed by atoms with E-state index in [1.807, 2.05) is 0 Å². The molecule has 0 amide bonds. The zero-order chi connectivity index (χ0) is 12.7. The normalized spacial score (nSPS) is 20.1. The van der Waals surface area contributed by atoms with E-state index in [9.17, 15) is 9.00 Å². The summed E-state index contributed by atoms with van der Waals surface area (Å²) in [6.07, 6.45) is 3.55. The van der Waals surface area contributed by atoms with Crippen molar-refractivity contribution in [2.45, 2.75) is 26.2 Å². The third-order valence-electron chi connectivity index (χ3n) is 3.08. The van der Waals surface area contributed by atoms with Crippen LogP contribution in [0, 0.1) is 5.92 Å². The van der Waals surface area contributed by atoms with Crippen LogP contribution in [-0.2, 0) is 20.3 Å². The van der Waals surface area contributed by atoms with Gasteiger partial charge in [-0.3, -0.25) is 9.00 Å². The molecule has 0 aliphatic carbocycles. The van der Waals surface area contributed by atoms with Gasteiger partial charge in [0, 0.05) is 22.3 Å². The summed E-state index contributed by atoms with van der Waals surface area (Å²) in [6.45, 7) is 5.18. The number of likely N-dealkylation sites (tertiary alicyclic amines) is 1. The highest BCUT2D eigenvalue weighted by atomic mass is 32.2. The van der Waals surface area contributed by atoms with Gasteiger partial charge < -0.3 is 9.64 Å². The number of esters is 1. The third kappa shape index (κ3) is 5.64. The summed E-state index contributed by atoms with van der Waals surface area (Å²) < 4.78 is 16.3. The minimum atomic E-state index is -0.900. The lowest BCUT2D eigenvalue weighted by Gasteiger charge is -2.14. The van der Waals surface area contributed by atoms with Crippen molar-refractivity contribution in [3.8, 4) is 0 Å². The molecule has 0 radical (unpaired) electrons. The lowest BCUT2D eigenvalue weighted by Crippen LogP contribution is -2.24. The Labute approximate surface area is 106 Å². The SMILES string of the molecule is COC(=O)C(C)CS(=O)CCCN1CCCC1. The number of hydrogen-bond acceptors (Lipinski definition) is 4. The van der Waals surface area contributed by atoms with Crippen LogP contribution in [-0.4, -0.2) is 53.3 Å². The summed E-state index contributed by atoms with van der Waals surface area (Å²) in [5.41, 5.74) is 0. The maximum Gasteiger partial charge on any atom is 0.309 e. The molecule has 2 unspecified atom stereocenters. The first-order valence-corrected chi connectivity index (χ1v) is 7.77. The predicted molar refractivity (Wildman–Crippen MR) is 69.3 cm³/mol. The molecule has 1 heterocycles. The van der Waals surface area contributed by atoms with Crippen molar-refractivity contribution in [2.24, 2.45) is 5.92 Å². The molecule has 100 valence electrons. The van der Waals surface area contributed by atoms with Crippen LogP contribution in [0.15, 0.2) is 0 Å². The number of methoxy groups -OCH3 is 1. The molecule has 1 rings (SSSR count). The zero-order valence-electron chi connectivity index (χ0n) is 10.8. The highest BCUT2D eigenvalue weighted by Gasteiger charge is 2.17. The first-order chi connectivity index (χ1) is 8.13. The summed E-state index contributed by atoms with van der Waals surface area (Å²) in [6, 6.07) is 0. The number of ether oxygens (including phenoxy) is 1. The Morgan fingerprint density at radius 3 is 2.65 bits per heavy atom.